The predicted molar refractivity (Wildman–Crippen MR) is 74.2 cm³/mol. The molecule has 0 atom stereocenters. The lowest BCUT2D eigenvalue weighted by Crippen LogP contribution is -2.37. The summed E-state index contributed by atoms with van der Waals surface area (Å²) in [7, 11) is 1.83. The molecule has 0 amide bonds. The Morgan fingerprint density at radius 1 is 1.21 bits per heavy atom. The van der Waals surface area contributed by atoms with Gasteiger partial charge in [0.05, 0.1) is 18.9 Å². The lowest BCUT2D eigenvalue weighted by Gasteiger charge is -2.30. The molecule has 2 N–H and O–H groups in total. The third kappa shape index (κ3) is 2.81. The number of nitrogens with zero attached hydrogens (tertiary/aromatic N) is 2. The van der Waals surface area contributed by atoms with E-state index in [1.165, 1.54) is 0 Å². The lowest BCUT2D eigenvalue weighted by molar-refractivity contribution is 0.115. The fourth-order valence-corrected chi connectivity index (χ4v) is 2.56. The van der Waals surface area contributed by atoms with Gasteiger partial charge >= 0.3 is 0 Å². The van der Waals surface area contributed by atoms with Gasteiger partial charge in [0.1, 0.15) is 0 Å². The van der Waals surface area contributed by atoms with Crippen molar-refractivity contribution < 1.29 is 10.2 Å². The summed E-state index contributed by atoms with van der Waals surface area (Å²) in [6.07, 6.45) is 2.27. The summed E-state index contributed by atoms with van der Waals surface area (Å²) < 4.78 is 1.70. The van der Waals surface area contributed by atoms with E-state index in [0.717, 1.165) is 11.3 Å². The summed E-state index contributed by atoms with van der Waals surface area (Å²) in [6.45, 7) is -0.381. The highest BCUT2D eigenvalue weighted by atomic mass is 35.5. The molecule has 1 heterocycles. The third-order valence-corrected chi connectivity index (χ3v) is 3.67. The van der Waals surface area contributed by atoms with Crippen molar-refractivity contribution in [1.82, 2.24) is 9.78 Å². The van der Waals surface area contributed by atoms with Crippen molar-refractivity contribution in [3.8, 4) is 0 Å². The van der Waals surface area contributed by atoms with Crippen LogP contribution in [0.25, 0.3) is 0 Å². The highest BCUT2D eigenvalue weighted by Gasteiger charge is 2.34. The fraction of sp³-hybridized carbons (Fsp3) is 0.357. The molecule has 0 aliphatic carbocycles. The maximum absolute atomic E-state index is 9.77. The van der Waals surface area contributed by atoms with Crippen LogP contribution in [0.5, 0.6) is 0 Å². The number of aliphatic hydroxyl groups excluding tert-OH is 2. The smallest absolute Gasteiger partial charge is 0.0635 e. The number of aryl methyl sites for hydroxylation is 1. The van der Waals surface area contributed by atoms with Crippen LogP contribution in [0, 0.1) is 0 Å². The van der Waals surface area contributed by atoms with Gasteiger partial charge in [-0.05, 0) is 17.7 Å². The molecule has 0 aliphatic heterocycles. The van der Waals surface area contributed by atoms with Crippen LogP contribution in [0.15, 0.2) is 36.5 Å². The number of aromatic nitrogens is 2. The molecular weight excluding hydrogens is 264 g/mol. The topological polar surface area (TPSA) is 58.3 Å². The van der Waals surface area contributed by atoms with Crippen LogP contribution in [0.3, 0.4) is 0 Å². The molecule has 4 nitrogen and oxygen atoms in total. The first-order valence-electron chi connectivity index (χ1n) is 6.06. The highest BCUT2D eigenvalue weighted by Crippen LogP contribution is 2.32. The van der Waals surface area contributed by atoms with E-state index in [9.17, 15) is 10.2 Å². The standard InChI is InChI=1S/C14H17ClN2O2/c1-17-7-6-11(16-17)8-14(9-18,10-19)12-4-2-3-5-13(12)15/h2-7,18-19H,8-10H2,1H3. The van der Waals surface area contributed by atoms with E-state index in [1.54, 1.807) is 10.7 Å². The van der Waals surface area contributed by atoms with Gasteiger partial charge in [0.15, 0.2) is 0 Å². The van der Waals surface area contributed by atoms with Gasteiger partial charge < -0.3 is 10.2 Å². The second-order valence-electron chi connectivity index (χ2n) is 4.73. The number of rotatable bonds is 5. The van der Waals surface area contributed by atoms with E-state index < -0.39 is 5.41 Å². The minimum atomic E-state index is -0.813. The Kier molecular flexibility index (Phi) is 4.24. The predicted octanol–water partition coefficient (Wildman–Crippen LogP) is 1.54. The molecule has 0 saturated carbocycles. The van der Waals surface area contributed by atoms with Crippen LogP contribution in [0.2, 0.25) is 5.02 Å². The van der Waals surface area contributed by atoms with Crippen LogP contribution in [-0.2, 0) is 18.9 Å². The molecule has 0 fully saturated rings. The molecule has 0 spiro atoms. The van der Waals surface area contributed by atoms with E-state index in [1.807, 2.05) is 37.5 Å². The van der Waals surface area contributed by atoms with Crippen LogP contribution >= 0.6 is 11.6 Å². The molecule has 102 valence electrons. The van der Waals surface area contributed by atoms with Crippen LogP contribution in [-0.4, -0.2) is 33.2 Å². The number of hydrogen-bond donors (Lipinski definition) is 2. The maximum Gasteiger partial charge on any atom is 0.0635 e. The zero-order chi connectivity index (χ0) is 13.9. The number of halogens is 1. The first-order chi connectivity index (χ1) is 9.11. The van der Waals surface area contributed by atoms with E-state index in [0.29, 0.717) is 11.4 Å². The fourth-order valence-electron chi connectivity index (χ4n) is 2.22. The maximum atomic E-state index is 9.77. The molecule has 1 aromatic heterocycles. The SMILES string of the molecule is Cn1ccc(CC(CO)(CO)c2ccccc2Cl)n1. The summed E-state index contributed by atoms with van der Waals surface area (Å²) in [5.41, 5.74) is 0.741. The number of hydrogen-bond acceptors (Lipinski definition) is 3. The lowest BCUT2D eigenvalue weighted by atomic mass is 9.78. The largest absolute Gasteiger partial charge is 0.395 e. The van der Waals surface area contributed by atoms with E-state index >= 15 is 0 Å². The molecule has 1 aromatic carbocycles. The molecule has 19 heavy (non-hydrogen) atoms. The molecular formula is C14H17ClN2O2. The van der Waals surface area contributed by atoms with Gasteiger partial charge in [-0.3, -0.25) is 4.68 Å². The van der Waals surface area contributed by atoms with Gasteiger partial charge in [-0.2, -0.15) is 5.10 Å². The Morgan fingerprint density at radius 3 is 2.42 bits per heavy atom. The second-order valence-corrected chi connectivity index (χ2v) is 5.14. The summed E-state index contributed by atoms with van der Waals surface area (Å²) in [4.78, 5) is 0. The first kappa shape index (κ1) is 14.1. The summed E-state index contributed by atoms with van der Waals surface area (Å²) >= 11 is 6.19. The monoisotopic (exact) mass is 280 g/mol. The summed E-state index contributed by atoms with van der Waals surface area (Å²) in [5, 5.41) is 24.4. The number of aliphatic hydroxyl groups is 2. The zero-order valence-corrected chi connectivity index (χ0v) is 11.5. The van der Waals surface area contributed by atoms with Crippen molar-refractivity contribution in [2.24, 2.45) is 7.05 Å². The molecule has 0 aliphatic rings. The minimum absolute atomic E-state index is 0.191. The average molecular weight is 281 g/mol. The van der Waals surface area contributed by atoms with Gasteiger partial charge in [-0.25, -0.2) is 0 Å². The van der Waals surface area contributed by atoms with Crippen molar-refractivity contribution in [2.45, 2.75) is 11.8 Å². The average Bonchev–Trinajstić information content (AvgIpc) is 2.82. The Bertz CT molecular complexity index is 550. The second kappa shape index (κ2) is 5.74. The molecule has 0 saturated heterocycles. The van der Waals surface area contributed by atoms with Crippen molar-refractivity contribution in [3.05, 3.63) is 52.8 Å². The van der Waals surface area contributed by atoms with Crippen molar-refractivity contribution >= 4 is 11.6 Å². The van der Waals surface area contributed by atoms with Crippen molar-refractivity contribution in [3.63, 3.8) is 0 Å². The Morgan fingerprint density at radius 2 is 1.89 bits per heavy atom. The number of benzene rings is 1. The first-order valence-corrected chi connectivity index (χ1v) is 6.44. The van der Waals surface area contributed by atoms with Crippen LogP contribution in [0.1, 0.15) is 11.3 Å². The van der Waals surface area contributed by atoms with E-state index in [-0.39, 0.29) is 13.2 Å². The molecule has 0 bridgehead atoms. The summed E-state index contributed by atoms with van der Waals surface area (Å²) in [5.74, 6) is 0. The highest BCUT2D eigenvalue weighted by molar-refractivity contribution is 6.31. The van der Waals surface area contributed by atoms with Crippen LogP contribution in [0.4, 0.5) is 0 Å². The van der Waals surface area contributed by atoms with Gasteiger partial charge in [0, 0.05) is 30.1 Å². The molecule has 0 radical (unpaired) electrons. The third-order valence-electron chi connectivity index (χ3n) is 3.34. The van der Waals surface area contributed by atoms with Crippen LogP contribution < -0.4 is 0 Å². The normalized spacial score (nSPS) is 11.8. The quantitative estimate of drug-likeness (QED) is 0.873. The molecule has 2 rings (SSSR count). The van der Waals surface area contributed by atoms with Crippen molar-refractivity contribution in [1.29, 1.82) is 0 Å². The van der Waals surface area contributed by atoms with E-state index in [2.05, 4.69) is 5.10 Å². The summed E-state index contributed by atoms with van der Waals surface area (Å²) in [6, 6.07) is 9.13. The van der Waals surface area contributed by atoms with Gasteiger partial charge in [-0.15, -0.1) is 0 Å². The van der Waals surface area contributed by atoms with E-state index in [4.69, 9.17) is 11.6 Å². The molecule has 2 aromatic rings. The Hall–Kier alpha value is -1.36. The van der Waals surface area contributed by atoms with Crippen molar-refractivity contribution in [2.75, 3.05) is 13.2 Å². The van der Waals surface area contributed by atoms with Gasteiger partial charge in [-0.1, -0.05) is 29.8 Å². The minimum Gasteiger partial charge on any atom is -0.395 e. The van der Waals surface area contributed by atoms with Gasteiger partial charge in [0.2, 0.25) is 0 Å². The zero-order valence-electron chi connectivity index (χ0n) is 10.8. The Balaban J connectivity index is 2.40. The molecule has 0 unspecified atom stereocenters. The van der Waals surface area contributed by atoms with Gasteiger partial charge in [0.25, 0.3) is 0 Å². The molecule has 5 heteroatoms. The Labute approximate surface area is 117 Å².